The van der Waals surface area contributed by atoms with Crippen LogP contribution in [0.2, 0.25) is 5.02 Å². The van der Waals surface area contributed by atoms with Crippen LogP contribution in [-0.4, -0.2) is 31.0 Å². The highest BCUT2D eigenvalue weighted by Crippen LogP contribution is 2.22. The van der Waals surface area contributed by atoms with E-state index in [-0.39, 0.29) is 35.4 Å². The average molecular weight is 453 g/mol. The highest BCUT2D eigenvalue weighted by molar-refractivity contribution is 14.0. The molecular weight excluding hydrogens is 427 g/mol. The van der Waals surface area contributed by atoms with Gasteiger partial charge in [-0.05, 0) is 45.4 Å². The lowest BCUT2D eigenvalue weighted by Gasteiger charge is -2.23. The van der Waals surface area contributed by atoms with Crippen LogP contribution >= 0.6 is 35.6 Å². The van der Waals surface area contributed by atoms with Gasteiger partial charge >= 0.3 is 0 Å². The topological polar surface area (TPSA) is 65.5 Å². The smallest absolute Gasteiger partial charge is 0.226 e. The molecule has 0 saturated carbocycles. The van der Waals surface area contributed by atoms with Crippen LogP contribution in [0.4, 0.5) is 5.69 Å². The summed E-state index contributed by atoms with van der Waals surface area (Å²) in [5.41, 5.74) is 1.61. The summed E-state index contributed by atoms with van der Waals surface area (Å²) in [6, 6.07) is 5.54. The molecule has 0 aromatic heterocycles. The molecule has 0 saturated heterocycles. The number of hydrogen-bond donors (Lipinski definition) is 3. The predicted octanol–water partition coefficient (Wildman–Crippen LogP) is 3.56. The molecule has 0 unspecified atom stereocenters. The summed E-state index contributed by atoms with van der Waals surface area (Å²) < 4.78 is 0. The van der Waals surface area contributed by atoms with Gasteiger partial charge in [-0.1, -0.05) is 17.7 Å². The second-order valence-corrected chi connectivity index (χ2v) is 6.56. The third-order valence-corrected chi connectivity index (χ3v) is 3.07. The maximum atomic E-state index is 11.9. The van der Waals surface area contributed by atoms with E-state index >= 15 is 0 Å². The Morgan fingerprint density at radius 3 is 2.48 bits per heavy atom. The van der Waals surface area contributed by atoms with Crippen molar-refractivity contribution in [2.45, 2.75) is 39.7 Å². The largest absolute Gasteiger partial charge is 0.356 e. The first kappa shape index (κ1) is 22.0. The summed E-state index contributed by atoms with van der Waals surface area (Å²) in [6.45, 7) is 8.59. The number of hydrogen-bond acceptors (Lipinski definition) is 2. The molecule has 130 valence electrons. The molecule has 1 rings (SSSR count). The molecule has 1 amide bonds. The summed E-state index contributed by atoms with van der Waals surface area (Å²) in [5, 5.41) is 9.70. The monoisotopic (exact) mass is 452 g/mol. The van der Waals surface area contributed by atoms with Gasteiger partial charge in [0, 0.05) is 25.6 Å². The van der Waals surface area contributed by atoms with E-state index in [9.17, 15) is 4.79 Å². The molecule has 1 aromatic rings. The number of aliphatic imine (C=N–C) groups is 1. The van der Waals surface area contributed by atoms with E-state index in [1.807, 2.05) is 45.9 Å². The summed E-state index contributed by atoms with van der Waals surface area (Å²) in [6.07, 6.45) is 0.328. The van der Waals surface area contributed by atoms with E-state index in [4.69, 9.17) is 11.6 Å². The molecule has 0 bridgehead atoms. The number of nitrogens with zero attached hydrogens (tertiary/aromatic N) is 1. The Kier molecular flexibility index (Phi) is 9.53. The van der Waals surface area contributed by atoms with Crippen molar-refractivity contribution in [3.05, 3.63) is 28.8 Å². The van der Waals surface area contributed by atoms with Crippen LogP contribution in [0.5, 0.6) is 0 Å². The van der Waals surface area contributed by atoms with Crippen molar-refractivity contribution in [1.29, 1.82) is 0 Å². The lowest BCUT2D eigenvalue weighted by atomic mass is 10.1. The normalized spacial score (nSPS) is 11.5. The first-order valence-electron chi connectivity index (χ1n) is 7.26. The standard InChI is InChI=1S/C16H25ClN4O.HI/c1-11-6-7-13(12(17)10-11)20-14(22)8-9-19-15(18-5)21-16(2,3)4;/h6-7,10H,8-9H2,1-5H3,(H,20,22)(H2,18,19,21);1H. The molecule has 7 heteroatoms. The lowest BCUT2D eigenvalue weighted by Crippen LogP contribution is -2.48. The maximum Gasteiger partial charge on any atom is 0.226 e. The molecule has 0 spiro atoms. The number of amides is 1. The minimum absolute atomic E-state index is 0. The van der Waals surface area contributed by atoms with Gasteiger partial charge in [-0.25, -0.2) is 0 Å². The molecule has 0 heterocycles. The second-order valence-electron chi connectivity index (χ2n) is 6.16. The lowest BCUT2D eigenvalue weighted by molar-refractivity contribution is -0.116. The van der Waals surface area contributed by atoms with Gasteiger partial charge in [0.05, 0.1) is 10.7 Å². The fourth-order valence-electron chi connectivity index (χ4n) is 1.76. The molecule has 23 heavy (non-hydrogen) atoms. The Balaban J connectivity index is 0.00000484. The number of carbonyl (C=O) groups excluding carboxylic acids is 1. The molecule has 0 aliphatic carbocycles. The molecule has 0 fully saturated rings. The van der Waals surface area contributed by atoms with Crippen LogP contribution < -0.4 is 16.0 Å². The van der Waals surface area contributed by atoms with E-state index in [1.165, 1.54) is 0 Å². The zero-order chi connectivity index (χ0) is 16.8. The van der Waals surface area contributed by atoms with E-state index in [1.54, 1.807) is 7.05 Å². The second kappa shape index (κ2) is 9.97. The SMILES string of the molecule is CN=C(NCCC(=O)Nc1ccc(C)cc1Cl)NC(C)(C)C.I. The van der Waals surface area contributed by atoms with Crippen molar-refractivity contribution in [2.24, 2.45) is 4.99 Å². The van der Waals surface area contributed by atoms with E-state index in [0.717, 1.165) is 5.56 Å². The van der Waals surface area contributed by atoms with Crippen molar-refractivity contribution in [3.8, 4) is 0 Å². The number of benzene rings is 1. The van der Waals surface area contributed by atoms with Gasteiger partial charge < -0.3 is 16.0 Å². The van der Waals surface area contributed by atoms with Crippen molar-refractivity contribution in [3.63, 3.8) is 0 Å². The zero-order valence-electron chi connectivity index (χ0n) is 14.3. The highest BCUT2D eigenvalue weighted by Gasteiger charge is 2.12. The molecule has 0 atom stereocenters. The number of rotatable bonds is 4. The number of guanidine groups is 1. The van der Waals surface area contributed by atoms with Crippen LogP contribution in [-0.2, 0) is 4.79 Å². The average Bonchev–Trinajstić information content (AvgIpc) is 2.39. The fourth-order valence-corrected chi connectivity index (χ4v) is 2.05. The molecule has 0 aliphatic heterocycles. The van der Waals surface area contributed by atoms with Crippen LogP contribution in [0, 0.1) is 6.92 Å². The predicted molar refractivity (Wildman–Crippen MR) is 109 cm³/mol. The Morgan fingerprint density at radius 1 is 1.30 bits per heavy atom. The maximum absolute atomic E-state index is 11.9. The van der Waals surface area contributed by atoms with Crippen molar-refractivity contribution < 1.29 is 4.79 Å². The summed E-state index contributed by atoms with van der Waals surface area (Å²) in [4.78, 5) is 16.1. The quantitative estimate of drug-likeness (QED) is 0.372. The third kappa shape index (κ3) is 9.00. The zero-order valence-corrected chi connectivity index (χ0v) is 17.4. The van der Waals surface area contributed by atoms with Gasteiger partial charge in [-0.2, -0.15) is 0 Å². The van der Waals surface area contributed by atoms with Gasteiger partial charge in [0.15, 0.2) is 5.96 Å². The first-order chi connectivity index (χ1) is 10.2. The first-order valence-corrected chi connectivity index (χ1v) is 7.64. The Morgan fingerprint density at radius 2 is 1.96 bits per heavy atom. The highest BCUT2D eigenvalue weighted by atomic mass is 127. The van der Waals surface area contributed by atoms with Crippen LogP contribution in [0.1, 0.15) is 32.8 Å². The van der Waals surface area contributed by atoms with Gasteiger partial charge in [-0.15, -0.1) is 24.0 Å². The van der Waals surface area contributed by atoms with Gasteiger partial charge in [-0.3, -0.25) is 9.79 Å². The van der Waals surface area contributed by atoms with Gasteiger partial charge in [0.2, 0.25) is 5.91 Å². The Hall–Kier alpha value is -1.02. The number of nitrogens with one attached hydrogen (secondary N) is 3. The van der Waals surface area contributed by atoms with Crippen LogP contribution in [0.15, 0.2) is 23.2 Å². The Bertz CT molecular complexity index is 556. The van der Waals surface area contributed by atoms with Gasteiger partial charge in [0.1, 0.15) is 0 Å². The van der Waals surface area contributed by atoms with E-state index < -0.39 is 0 Å². The van der Waals surface area contributed by atoms with Gasteiger partial charge in [0.25, 0.3) is 0 Å². The molecule has 5 nitrogen and oxygen atoms in total. The minimum Gasteiger partial charge on any atom is -0.356 e. The van der Waals surface area contributed by atoms with Crippen molar-refractivity contribution >= 4 is 53.1 Å². The number of anilines is 1. The molecule has 1 aromatic carbocycles. The van der Waals surface area contributed by atoms with E-state index in [0.29, 0.717) is 29.6 Å². The fraction of sp³-hybridized carbons (Fsp3) is 0.500. The number of aryl methyl sites for hydroxylation is 1. The molecule has 0 aliphatic rings. The molecule has 3 N–H and O–H groups in total. The minimum atomic E-state index is -0.0931. The number of halogens is 2. The van der Waals surface area contributed by atoms with Crippen LogP contribution in [0.3, 0.4) is 0 Å². The summed E-state index contributed by atoms with van der Waals surface area (Å²) in [5.74, 6) is 0.582. The summed E-state index contributed by atoms with van der Waals surface area (Å²) in [7, 11) is 1.70. The summed E-state index contributed by atoms with van der Waals surface area (Å²) >= 11 is 6.09. The molecular formula is C16H26ClIN4O. The van der Waals surface area contributed by atoms with Crippen molar-refractivity contribution in [1.82, 2.24) is 10.6 Å². The van der Waals surface area contributed by atoms with E-state index in [2.05, 4.69) is 20.9 Å². The molecule has 0 radical (unpaired) electrons. The number of carbonyl (C=O) groups is 1. The Labute approximate surface area is 160 Å². The van der Waals surface area contributed by atoms with Crippen molar-refractivity contribution in [2.75, 3.05) is 18.9 Å². The third-order valence-electron chi connectivity index (χ3n) is 2.76. The van der Waals surface area contributed by atoms with Crippen LogP contribution in [0.25, 0.3) is 0 Å².